The number of methoxy groups -OCH3 is 1. The second-order valence-electron chi connectivity index (χ2n) is 5.94. The van der Waals surface area contributed by atoms with E-state index in [1.807, 2.05) is 0 Å². The number of carbonyl (C=O) groups is 2. The van der Waals surface area contributed by atoms with Gasteiger partial charge in [-0.25, -0.2) is 0 Å². The Morgan fingerprint density at radius 2 is 1.83 bits per heavy atom. The van der Waals surface area contributed by atoms with Gasteiger partial charge in [-0.15, -0.1) is 0 Å². The third-order valence-corrected chi connectivity index (χ3v) is 4.14. The van der Waals surface area contributed by atoms with Crippen LogP contribution >= 0.6 is 0 Å². The molecule has 1 atom stereocenters. The minimum Gasteiger partial charge on any atom is -0.497 e. The zero-order valence-electron chi connectivity index (χ0n) is 14.3. The summed E-state index contributed by atoms with van der Waals surface area (Å²) in [7, 11) is 1.59. The van der Waals surface area contributed by atoms with Crippen LogP contribution in [-0.4, -0.2) is 74.0 Å². The average molecular weight is 334 g/mol. The van der Waals surface area contributed by atoms with Crippen LogP contribution in [0.4, 0.5) is 0 Å². The second kappa shape index (κ2) is 8.65. The molecule has 0 unspecified atom stereocenters. The zero-order valence-corrected chi connectivity index (χ0v) is 14.3. The minimum atomic E-state index is -0.444. The van der Waals surface area contributed by atoms with Crippen molar-refractivity contribution in [2.45, 2.75) is 13.0 Å². The molecular formula is C17H26N4O3. The Balaban J connectivity index is 1.69. The number of benzene rings is 1. The molecule has 132 valence electrons. The van der Waals surface area contributed by atoms with E-state index < -0.39 is 6.04 Å². The Labute approximate surface area is 142 Å². The SMILES string of the molecule is COc1ccc(C(=O)NCCN2CCN(C(=O)[C@@H](C)N)CC2)cc1. The first-order valence-corrected chi connectivity index (χ1v) is 8.20. The van der Waals surface area contributed by atoms with E-state index in [1.54, 1.807) is 43.2 Å². The largest absolute Gasteiger partial charge is 0.497 e. The first-order valence-electron chi connectivity index (χ1n) is 8.20. The van der Waals surface area contributed by atoms with Crippen molar-refractivity contribution in [2.24, 2.45) is 5.73 Å². The van der Waals surface area contributed by atoms with E-state index in [0.717, 1.165) is 25.4 Å². The number of amides is 2. The number of hydrogen-bond acceptors (Lipinski definition) is 5. The van der Waals surface area contributed by atoms with E-state index in [4.69, 9.17) is 10.5 Å². The van der Waals surface area contributed by atoms with Crippen LogP contribution in [-0.2, 0) is 4.79 Å². The van der Waals surface area contributed by atoms with Gasteiger partial charge in [0, 0.05) is 44.8 Å². The van der Waals surface area contributed by atoms with Crippen molar-refractivity contribution in [2.75, 3.05) is 46.4 Å². The fraction of sp³-hybridized carbons (Fsp3) is 0.529. The molecular weight excluding hydrogens is 308 g/mol. The van der Waals surface area contributed by atoms with E-state index in [1.165, 1.54) is 0 Å². The van der Waals surface area contributed by atoms with Crippen molar-refractivity contribution in [3.8, 4) is 5.75 Å². The molecule has 0 saturated carbocycles. The maximum atomic E-state index is 12.1. The third-order valence-electron chi connectivity index (χ3n) is 4.14. The first-order chi connectivity index (χ1) is 11.5. The summed E-state index contributed by atoms with van der Waals surface area (Å²) in [5.74, 6) is 0.636. The van der Waals surface area contributed by atoms with Crippen molar-refractivity contribution in [1.29, 1.82) is 0 Å². The van der Waals surface area contributed by atoms with Crippen LogP contribution in [0.25, 0.3) is 0 Å². The van der Waals surface area contributed by atoms with Crippen molar-refractivity contribution in [3.63, 3.8) is 0 Å². The summed E-state index contributed by atoms with van der Waals surface area (Å²) in [6.07, 6.45) is 0. The number of ether oxygens (including phenoxy) is 1. The highest BCUT2D eigenvalue weighted by molar-refractivity contribution is 5.94. The fourth-order valence-electron chi connectivity index (χ4n) is 2.65. The second-order valence-corrected chi connectivity index (χ2v) is 5.94. The van der Waals surface area contributed by atoms with Gasteiger partial charge >= 0.3 is 0 Å². The molecule has 7 heteroatoms. The van der Waals surface area contributed by atoms with Gasteiger partial charge in [0.25, 0.3) is 5.91 Å². The van der Waals surface area contributed by atoms with E-state index in [2.05, 4.69) is 10.2 Å². The van der Waals surface area contributed by atoms with E-state index in [9.17, 15) is 9.59 Å². The Hall–Kier alpha value is -2.12. The molecule has 1 saturated heterocycles. The predicted molar refractivity (Wildman–Crippen MR) is 92.0 cm³/mol. The molecule has 1 aliphatic rings. The van der Waals surface area contributed by atoms with Crippen molar-refractivity contribution >= 4 is 11.8 Å². The molecule has 0 aromatic heterocycles. The highest BCUT2D eigenvalue weighted by Gasteiger charge is 2.22. The van der Waals surface area contributed by atoms with Gasteiger partial charge in [0.05, 0.1) is 13.2 Å². The molecule has 1 fully saturated rings. The maximum absolute atomic E-state index is 12.1. The van der Waals surface area contributed by atoms with Crippen LogP contribution in [0.15, 0.2) is 24.3 Å². The molecule has 1 aromatic carbocycles. The number of nitrogens with one attached hydrogen (secondary N) is 1. The Bertz CT molecular complexity index is 551. The highest BCUT2D eigenvalue weighted by atomic mass is 16.5. The molecule has 24 heavy (non-hydrogen) atoms. The average Bonchev–Trinajstić information content (AvgIpc) is 2.61. The number of piperazine rings is 1. The Morgan fingerprint density at radius 3 is 2.38 bits per heavy atom. The third kappa shape index (κ3) is 4.94. The zero-order chi connectivity index (χ0) is 17.5. The summed E-state index contributed by atoms with van der Waals surface area (Å²) in [6.45, 7) is 6.03. The molecule has 2 amide bonds. The number of hydrogen-bond donors (Lipinski definition) is 2. The van der Waals surface area contributed by atoms with Crippen LogP contribution in [0.5, 0.6) is 5.75 Å². The van der Waals surface area contributed by atoms with Gasteiger partial charge in [0.15, 0.2) is 0 Å². The van der Waals surface area contributed by atoms with Crippen LogP contribution in [0, 0.1) is 0 Å². The van der Waals surface area contributed by atoms with Gasteiger partial charge in [-0.2, -0.15) is 0 Å². The van der Waals surface area contributed by atoms with Gasteiger partial charge in [-0.3, -0.25) is 14.5 Å². The predicted octanol–water partition coefficient (Wildman–Crippen LogP) is -0.0836. The normalized spacial score (nSPS) is 16.5. The van der Waals surface area contributed by atoms with Crippen molar-refractivity contribution < 1.29 is 14.3 Å². The van der Waals surface area contributed by atoms with Gasteiger partial charge in [-0.05, 0) is 31.2 Å². The number of carbonyl (C=O) groups excluding carboxylic acids is 2. The van der Waals surface area contributed by atoms with Crippen LogP contribution in [0.1, 0.15) is 17.3 Å². The summed E-state index contributed by atoms with van der Waals surface area (Å²) in [4.78, 5) is 27.9. The van der Waals surface area contributed by atoms with Crippen molar-refractivity contribution in [1.82, 2.24) is 15.1 Å². The van der Waals surface area contributed by atoms with Gasteiger partial charge in [0.1, 0.15) is 5.75 Å². The lowest BCUT2D eigenvalue weighted by atomic mass is 10.2. The summed E-state index contributed by atoms with van der Waals surface area (Å²) >= 11 is 0. The lowest BCUT2D eigenvalue weighted by molar-refractivity contribution is -0.133. The van der Waals surface area contributed by atoms with E-state index in [0.29, 0.717) is 25.2 Å². The van der Waals surface area contributed by atoms with Gasteiger partial charge in [0.2, 0.25) is 5.91 Å². The quantitative estimate of drug-likeness (QED) is 0.759. The number of nitrogens with zero attached hydrogens (tertiary/aromatic N) is 2. The molecule has 3 N–H and O–H groups in total. The van der Waals surface area contributed by atoms with E-state index in [-0.39, 0.29) is 11.8 Å². The summed E-state index contributed by atoms with van der Waals surface area (Å²) in [5.41, 5.74) is 6.24. The molecule has 1 heterocycles. The number of nitrogens with two attached hydrogens (primary N) is 1. The minimum absolute atomic E-state index is 0.00228. The first kappa shape index (κ1) is 18.2. The molecule has 1 aliphatic heterocycles. The van der Waals surface area contributed by atoms with E-state index >= 15 is 0 Å². The molecule has 7 nitrogen and oxygen atoms in total. The smallest absolute Gasteiger partial charge is 0.251 e. The molecule has 0 bridgehead atoms. The monoisotopic (exact) mass is 334 g/mol. The Kier molecular flexibility index (Phi) is 6.57. The maximum Gasteiger partial charge on any atom is 0.251 e. The molecule has 1 aromatic rings. The van der Waals surface area contributed by atoms with Gasteiger partial charge < -0.3 is 20.7 Å². The Morgan fingerprint density at radius 1 is 1.21 bits per heavy atom. The van der Waals surface area contributed by atoms with Crippen LogP contribution in [0.2, 0.25) is 0 Å². The van der Waals surface area contributed by atoms with Crippen molar-refractivity contribution in [3.05, 3.63) is 29.8 Å². The molecule has 2 rings (SSSR count). The lowest BCUT2D eigenvalue weighted by Crippen LogP contribution is -2.53. The molecule has 0 aliphatic carbocycles. The fourth-order valence-corrected chi connectivity index (χ4v) is 2.65. The van der Waals surface area contributed by atoms with Gasteiger partial charge in [-0.1, -0.05) is 0 Å². The summed E-state index contributed by atoms with van der Waals surface area (Å²) < 4.78 is 5.08. The van der Waals surface area contributed by atoms with Crippen LogP contribution in [0.3, 0.4) is 0 Å². The molecule has 0 spiro atoms. The molecule has 0 radical (unpaired) electrons. The topological polar surface area (TPSA) is 87.9 Å². The highest BCUT2D eigenvalue weighted by Crippen LogP contribution is 2.11. The summed E-state index contributed by atoms with van der Waals surface area (Å²) in [5, 5.41) is 2.91. The standard InChI is InChI=1S/C17H26N4O3/c1-13(18)17(23)21-11-9-20(10-12-21)8-7-19-16(22)14-3-5-15(24-2)6-4-14/h3-6,13H,7-12,18H2,1-2H3,(H,19,22)/t13-/m1/s1. The van der Waals surface area contributed by atoms with Crippen LogP contribution < -0.4 is 15.8 Å². The number of rotatable bonds is 6. The lowest BCUT2D eigenvalue weighted by Gasteiger charge is -2.35. The summed E-state index contributed by atoms with van der Waals surface area (Å²) in [6, 6.07) is 6.58.